The van der Waals surface area contributed by atoms with Crippen molar-refractivity contribution in [3.8, 4) is 0 Å². The highest BCUT2D eigenvalue weighted by atomic mass is 32.2. The lowest BCUT2D eigenvalue weighted by atomic mass is 10.1. The van der Waals surface area contributed by atoms with Gasteiger partial charge in [0.05, 0.1) is 25.4 Å². The molecule has 1 aromatic rings. The molecule has 1 aliphatic heterocycles. The van der Waals surface area contributed by atoms with Crippen molar-refractivity contribution >= 4 is 11.9 Å². The third-order valence-electron chi connectivity index (χ3n) is 4.25. The second kappa shape index (κ2) is 8.31. The number of ether oxygens (including phenoxy) is 2. The summed E-state index contributed by atoms with van der Waals surface area (Å²) in [6, 6.07) is 8.75. The second-order valence-electron chi connectivity index (χ2n) is 6.14. The van der Waals surface area contributed by atoms with Gasteiger partial charge < -0.3 is 14.8 Å². The molecule has 2 unspecified atom stereocenters. The largest absolute Gasteiger partial charge is 0.376 e. The van der Waals surface area contributed by atoms with Crippen LogP contribution in [-0.4, -0.2) is 38.2 Å². The van der Waals surface area contributed by atoms with E-state index in [0.29, 0.717) is 6.10 Å². The first kappa shape index (κ1) is 16.3. The normalized spacial score (nSPS) is 25.3. The monoisotopic (exact) mass is 322 g/mol. The molecule has 2 aliphatic rings. The molecule has 1 saturated heterocycles. The Bertz CT molecular complexity index is 450. The summed E-state index contributed by atoms with van der Waals surface area (Å²) in [5, 5.41) is 3.49. The van der Waals surface area contributed by atoms with Gasteiger partial charge in [0.1, 0.15) is 0 Å². The molecule has 3 rings (SSSR count). The first-order valence-corrected chi connectivity index (χ1v) is 9.35. The summed E-state index contributed by atoms with van der Waals surface area (Å²) in [5.74, 6) is 0.755. The van der Waals surface area contributed by atoms with Crippen LogP contribution >= 0.6 is 11.9 Å². The molecule has 0 radical (unpaired) electrons. The predicted molar refractivity (Wildman–Crippen MR) is 90.7 cm³/mol. The second-order valence-corrected chi connectivity index (χ2v) is 6.84. The van der Waals surface area contributed by atoms with E-state index in [1.54, 1.807) is 11.9 Å². The predicted octanol–water partition coefficient (Wildman–Crippen LogP) is 2.34. The van der Waals surface area contributed by atoms with Crippen LogP contribution in [-0.2, 0) is 22.6 Å². The molecule has 22 heavy (non-hydrogen) atoms. The summed E-state index contributed by atoms with van der Waals surface area (Å²) in [5.41, 5.74) is 2.62. The molecule has 2 atom stereocenters. The number of nitrogens with one attached hydrogen (secondary N) is 2. The van der Waals surface area contributed by atoms with Crippen molar-refractivity contribution in [1.29, 1.82) is 0 Å². The Morgan fingerprint density at radius 1 is 1.09 bits per heavy atom. The van der Waals surface area contributed by atoms with Gasteiger partial charge >= 0.3 is 0 Å². The molecule has 2 fully saturated rings. The van der Waals surface area contributed by atoms with E-state index < -0.39 is 0 Å². The zero-order valence-electron chi connectivity index (χ0n) is 13.2. The molecule has 1 heterocycles. The molecule has 2 N–H and O–H groups in total. The molecule has 1 aromatic carbocycles. The van der Waals surface area contributed by atoms with Crippen molar-refractivity contribution in [3.63, 3.8) is 0 Å². The van der Waals surface area contributed by atoms with Crippen molar-refractivity contribution in [3.05, 3.63) is 35.4 Å². The van der Waals surface area contributed by atoms with Crippen LogP contribution in [0.3, 0.4) is 0 Å². The molecule has 1 saturated carbocycles. The molecular formula is C17H26N2O2S. The Kier molecular flexibility index (Phi) is 6.15. The quantitative estimate of drug-likeness (QED) is 0.719. The van der Waals surface area contributed by atoms with Gasteiger partial charge in [-0.05, 0) is 36.1 Å². The molecule has 4 nitrogen and oxygen atoms in total. The van der Waals surface area contributed by atoms with E-state index in [9.17, 15) is 0 Å². The summed E-state index contributed by atoms with van der Waals surface area (Å²) in [6.45, 7) is 4.15. The van der Waals surface area contributed by atoms with E-state index in [1.165, 1.54) is 24.0 Å². The van der Waals surface area contributed by atoms with Gasteiger partial charge in [0.25, 0.3) is 0 Å². The lowest BCUT2D eigenvalue weighted by molar-refractivity contribution is -0.143. The molecule has 0 spiro atoms. The van der Waals surface area contributed by atoms with E-state index in [-0.39, 0.29) is 6.10 Å². The highest BCUT2D eigenvalue weighted by Gasteiger charge is 2.36. The Morgan fingerprint density at radius 2 is 1.82 bits per heavy atom. The highest BCUT2D eigenvalue weighted by Crippen LogP contribution is 2.36. The Labute approximate surface area is 137 Å². The van der Waals surface area contributed by atoms with E-state index in [4.69, 9.17) is 9.47 Å². The van der Waals surface area contributed by atoms with Crippen molar-refractivity contribution in [2.45, 2.75) is 38.1 Å². The van der Waals surface area contributed by atoms with Crippen LogP contribution in [0.1, 0.15) is 24.0 Å². The van der Waals surface area contributed by atoms with Gasteiger partial charge in [-0.1, -0.05) is 36.2 Å². The SMILES string of the molecule is CSNCc1ccc(CNCC2COCC(C3CC3)O2)cc1. The van der Waals surface area contributed by atoms with E-state index in [1.807, 2.05) is 6.26 Å². The van der Waals surface area contributed by atoms with Gasteiger partial charge in [-0.2, -0.15) is 0 Å². The van der Waals surface area contributed by atoms with Gasteiger partial charge in [0, 0.05) is 19.6 Å². The molecule has 0 bridgehead atoms. The van der Waals surface area contributed by atoms with E-state index in [2.05, 4.69) is 34.3 Å². The van der Waals surface area contributed by atoms with Gasteiger partial charge in [-0.3, -0.25) is 4.72 Å². The third-order valence-corrected chi connectivity index (χ3v) is 4.68. The van der Waals surface area contributed by atoms with Crippen LogP contribution in [0, 0.1) is 5.92 Å². The third kappa shape index (κ3) is 4.96. The summed E-state index contributed by atoms with van der Waals surface area (Å²) >= 11 is 1.65. The first-order valence-electron chi connectivity index (χ1n) is 8.12. The molecular weight excluding hydrogens is 296 g/mol. The maximum absolute atomic E-state index is 6.11. The number of rotatable bonds is 8. The van der Waals surface area contributed by atoms with E-state index >= 15 is 0 Å². The number of benzene rings is 1. The van der Waals surface area contributed by atoms with Crippen molar-refractivity contribution in [2.75, 3.05) is 26.0 Å². The van der Waals surface area contributed by atoms with Crippen LogP contribution < -0.4 is 10.0 Å². The standard InChI is InChI=1S/C17H26N2O2S/c1-22-19-9-14-4-2-13(3-5-14)8-18-10-16-11-20-12-17(21-16)15-6-7-15/h2-5,15-19H,6-12H2,1H3. The minimum absolute atomic E-state index is 0.199. The first-order chi connectivity index (χ1) is 10.8. The topological polar surface area (TPSA) is 42.5 Å². The fourth-order valence-electron chi connectivity index (χ4n) is 2.77. The average Bonchev–Trinajstić information content (AvgIpc) is 3.39. The highest BCUT2D eigenvalue weighted by molar-refractivity contribution is 7.96. The lowest BCUT2D eigenvalue weighted by Crippen LogP contribution is -2.42. The fourth-order valence-corrected chi connectivity index (χ4v) is 3.08. The molecule has 0 amide bonds. The Hall–Kier alpha value is -0.590. The molecule has 5 heteroatoms. The zero-order valence-corrected chi connectivity index (χ0v) is 14.0. The molecule has 1 aliphatic carbocycles. The Morgan fingerprint density at radius 3 is 2.50 bits per heavy atom. The van der Waals surface area contributed by atoms with Crippen LogP contribution in [0.25, 0.3) is 0 Å². The minimum Gasteiger partial charge on any atom is -0.376 e. The molecule has 122 valence electrons. The van der Waals surface area contributed by atoms with Crippen LogP contribution in [0.5, 0.6) is 0 Å². The fraction of sp³-hybridized carbons (Fsp3) is 0.647. The smallest absolute Gasteiger partial charge is 0.0937 e. The summed E-state index contributed by atoms with van der Waals surface area (Å²) < 4.78 is 15.1. The van der Waals surface area contributed by atoms with Crippen molar-refractivity contribution in [2.24, 2.45) is 5.92 Å². The average molecular weight is 322 g/mol. The summed E-state index contributed by atoms with van der Waals surface area (Å²) in [7, 11) is 0. The van der Waals surface area contributed by atoms with Crippen molar-refractivity contribution in [1.82, 2.24) is 10.0 Å². The van der Waals surface area contributed by atoms with E-state index in [0.717, 1.165) is 38.8 Å². The van der Waals surface area contributed by atoms with Gasteiger partial charge in [-0.25, -0.2) is 0 Å². The van der Waals surface area contributed by atoms with Crippen LogP contribution in [0.15, 0.2) is 24.3 Å². The van der Waals surface area contributed by atoms with Gasteiger partial charge in [-0.15, -0.1) is 0 Å². The maximum atomic E-state index is 6.11. The summed E-state index contributed by atoms with van der Waals surface area (Å²) in [6.07, 6.45) is 5.20. The van der Waals surface area contributed by atoms with Crippen LogP contribution in [0.4, 0.5) is 0 Å². The maximum Gasteiger partial charge on any atom is 0.0937 e. The van der Waals surface area contributed by atoms with Crippen molar-refractivity contribution < 1.29 is 9.47 Å². The molecule has 0 aromatic heterocycles. The summed E-state index contributed by atoms with van der Waals surface area (Å²) in [4.78, 5) is 0. The Balaban J connectivity index is 1.37. The van der Waals surface area contributed by atoms with Gasteiger partial charge in [0.2, 0.25) is 0 Å². The number of hydrogen-bond acceptors (Lipinski definition) is 5. The van der Waals surface area contributed by atoms with Gasteiger partial charge in [0.15, 0.2) is 0 Å². The van der Waals surface area contributed by atoms with Crippen LogP contribution in [0.2, 0.25) is 0 Å². The zero-order chi connectivity index (χ0) is 15.2. The minimum atomic E-state index is 0.199. The lowest BCUT2D eigenvalue weighted by Gasteiger charge is -2.30. The number of hydrogen-bond donors (Lipinski definition) is 2.